The lowest BCUT2D eigenvalue weighted by Crippen LogP contribution is -2.42. The van der Waals surface area contributed by atoms with E-state index in [1.54, 1.807) is 13.3 Å². The van der Waals surface area contributed by atoms with Crippen molar-refractivity contribution in [3.05, 3.63) is 42.3 Å². The van der Waals surface area contributed by atoms with Crippen LogP contribution >= 0.6 is 24.0 Å². The van der Waals surface area contributed by atoms with Crippen molar-refractivity contribution in [1.82, 2.24) is 20.5 Å². The summed E-state index contributed by atoms with van der Waals surface area (Å²) in [6.45, 7) is 4.97. The number of aliphatic imine (C=N–C) groups is 1. The quantitative estimate of drug-likeness (QED) is 0.387. The minimum Gasteiger partial charge on any atom is -0.444 e. The van der Waals surface area contributed by atoms with Gasteiger partial charge in [0.15, 0.2) is 5.96 Å². The van der Waals surface area contributed by atoms with E-state index in [0.717, 1.165) is 30.3 Å². The van der Waals surface area contributed by atoms with Gasteiger partial charge < -0.3 is 20.0 Å². The van der Waals surface area contributed by atoms with Crippen LogP contribution < -0.4 is 10.6 Å². The Morgan fingerprint density at radius 2 is 1.92 bits per heavy atom. The van der Waals surface area contributed by atoms with Gasteiger partial charge in [0.1, 0.15) is 6.26 Å². The predicted octanol–water partition coefficient (Wildman–Crippen LogP) is 3.11. The van der Waals surface area contributed by atoms with Crippen LogP contribution in [0.2, 0.25) is 0 Å². The van der Waals surface area contributed by atoms with E-state index in [9.17, 15) is 0 Å². The van der Waals surface area contributed by atoms with Crippen molar-refractivity contribution in [2.75, 3.05) is 33.2 Å². The Morgan fingerprint density at radius 1 is 1.15 bits per heavy atom. The van der Waals surface area contributed by atoms with E-state index in [1.165, 1.54) is 32.4 Å². The molecule has 0 spiro atoms. The molecule has 0 amide bonds. The van der Waals surface area contributed by atoms with Crippen LogP contribution in [-0.2, 0) is 6.54 Å². The first kappa shape index (κ1) is 20.7. The second-order valence-corrected chi connectivity index (χ2v) is 6.26. The number of rotatable bonds is 6. The largest absolute Gasteiger partial charge is 0.444 e. The van der Waals surface area contributed by atoms with Crippen molar-refractivity contribution >= 4 is 29.9 Å². The smallest absolute Gasteiger partial charge is 0.226 e. The molecule has 0 unspecified atom stereocenters. The second-order valence-electron chi connectivity index (χ2n) is 6.26. The van der Waals surface area contributed by atoms with E-state index < -0.39 is 0 Å². The Morgan fingerprint density at radius 3 is 2.65 bits per heavy atom. The van der Waals surface area contributed by atoms with Gasteiger partial charge in [-0.1, -0.05) is 24.6 Å². The van der Waals surface area contributed by atoms with Crippen molar-refractivity contribution in [2.45, 2.75) is 25.8 Å². The summed E-state index contributed by atoms with van der Waals surface area (Å²) in [5, 5.41) is 6.65. The Kier molecular flexibility index (Phi) is 8.90. The van der Waals surface area contributed by atoms with Crippen LogP contribution in [0.15, 0.2) is 46.0 Å². The van der Waals surface area contributed by atoms with E-state index in [1.807, 2.05) is 30.3 Å². The van der Waals surface area contributed by atoms with Crippen molar-refractivity contribution in [3.63, 3.8) is 0 Å². The molecule has 2 aromatic rings. The van der Waals surface area contributed by atoms with Gasteiger partial charge in [-0.3, -0.25) is 4.99 Å². The van der Waals surface area contributed by atoms with Gasteiger partial charge in [-0.25, -0.2) is 4.98 Å². The van der Waals surface area contributed by atoms with Crippen molar-refractivity contribution < 1.29 is 4.42 Å². The number of halogens is 1. The first-order chi connectivity index (χ1) is 12.3. The summed E-state index contributed by atoms with van der Waals surface area (Å²) in [5.74, 6) is 1.44. The van der Waals surface area contributed by atoms with Gasteiger partial charge in [0.05, 0.1) is 12.2 Å². The Hall–Kier alpha value is -1.61. The van der Waals surface area contributed by atoms with E-state index >= 15 is 0 Å². The zero-order chi connectivity index (χ0) is 17.3. The lowest BCUT2D eigenvalue weighted by molar-refractivity contribution is 0.232. The third-order valence-corrected chi connectivity index (χ3v) is 4.40. The summed E-state index contributed by atoms with van der Waals surface area (Å²) >= 11 is 0. The fourth-order valence-electron chi connectivity index (χ4n) is 3.01. The van der Waals surface area contributed by atoms with Crippen LogP contribution in [0.4, 0.5) is 0 Å². The minimum absolute atomic E-state index is 0. The highest BCUT2D eigenvalue weighted by molar-refractivity contribution is 14.0. The molecule has 3 rings (SSSR count). The van der Waals surface area contributed by atoms with Gasteiger partial charge in [0, 0.05) is 25.7 Å². The van der Waals surface area contributed by atoms with Gasteiger partial charge in [-0.2, -0.15) is 0 Å². The third kappa shape index (κ3) is 6.28. The average Bonchev–Trinajstić information content (AvgIpc) is 3.15. The maximum atomic E-state index is 5.56. The molecule has 2 N–H and O–H groups in total. The highest BCUT2D eigenvalue weighted by Crippen LogP contribution is 2.17. The number of likely N-dealkylation sites (tertiary alicyclic amines) is 1. The zero-order valence-corrected chi connectivity index (χ0v) is 17.6. The number of hydrogen-bond acceptors (Lipinski definition) is 4. The first-order valence-electron chi connectivity index (χ1n) is 9.02. The van der Waals surface area contributed by atoms with Crippen molar-refractivity contribution in [2.24, 2.45) is 4.99 Å². The molecule has 0 saturated carbocycles. The molecule has 142 valence electrons. The summed E-state index contributed by atoms with van der Waals surface area (Å²) in [6, 6.07) is 9.92. The molecule has 7 heteroatoms. The van der Waals surface area contributed by atoms with Crippen LogP contribution in [0.25, 0.3) is 11.5 Å². The maximum Gasteiger partial charge on any atom is 0.226 e. The molecule has 0 atom stereocenters. The number of hydrogen-bond donors (Lipinski definition) is 2. The number of nitrogens with one attached hydrogen (secondary N) is 2. The topological polar surface area (TPSA) is 65.7 Å². The van der Waals surface area contributed by atoms with Gasteiger partial charge in [0.25, 0.3) is 0 Å². The van der Waals surface area contributed by atoms with E-state index in [-0.39, 0.29) is 24.0 Å². The van der Waals surface area contributed by atoms with E-state index in [4.69, 9.17) is 4.42 Å². The molecular formula is C19H28IN5O. The van der Waals surface area contributed by atoms with Crippen LogP contribution in [-0.4, -0.2) is 49.1 Å². The lowest BCUT2D eigenvalue weighted by Gasteiger charge is -2.26. The fraction of sp³-hybridized carbons (Fsp3) is 0.474. The molecule has 2 heterocycles. The second kappa shape index (κ2) is 11.2. The van der Waals surface area contributed by atoms with Gasteiger partial charge in [0.2, 0.25) is 5.89 Å². The van der Waals surface area contributed by atoms with Gasteiger partial charge >= 0.3 is 0 Å². The molecule has 1 fully saturated rings. The summed E-state index contributed by atoms with van der Waals surface area (Å²) in [6.07, 6.45) is 5.71. The summed E-state index contributed by atoms with van der Waals surface area (Å²) < 4.78 is 5.56. The molecule has 1 aliphatic rings. The molecule has 6 nitrogen and oxygen atoms in total. The van der Waals surface area contributed by atoms with Crippen molar-refractivity contribution in [3.8, 4) is 11.5 Å². The summed E-state index contributed by atoms with van der Waals surface area (Å²) in [5.41, 5.74) is 1.84. The monoisotopic (exact) mass is 469 g/mol. The SMILES string of the molecule is CN=C(NCCN1CCCCC1)NCc1coc(-c2ccccc2)n1.I. The number of oxazole rings is 1. The van der Waals surface area contributed by atoms with Crippen LogP contribution in [0.3, 0.4) is 0 Å². The number of aromatic nitrogens is 1. The van der Waals surface area contributed by atoms with Crippen molar-refractivity contribution in [1.29, 1.82) is 0 Å². The Labute approximate surface area is 172 Å². The number of benzene rings is 1. The highest BCUT2D eigenvalue weighted by Gasteiger charge is 2.10. The maximum absolute atomic E-state index is 5.56. The molecule has 0 bridgehead atoms. The molecule has 1 aromatic heterocycles. The summed E-state index contributed by atoms with van der Waals surface area (Å²) in [7, 11) is 1.79. The Bertz CT molecular complexity index is 668. The summed E-state index contributed by atoms with van der Waals surface area (Å²) in [4.78, 5) is 11.3. The average molecular weight is 469 g/mol. The van der Waals surface area contributed by atoms with Crippen LogP contribution in [0.5, 0.6) is 0 Å². The molecule has 1 aliphatic heterocycles. The highest BCUT2D eigenvalue weighted by atomic mass is 127. The predicted molar refractivity (Wildman–Crippen MR) is 116 cm³/mol. The number of piperidine rings is 1. The normalized spacial score (nSPS) is 15.3. The van der Waals surface area contributed by atoms with E-state index in [0.29, 0.717) is 12.4 Å². The standard InChI is InChI=1S/C19H27N5O.HI/c1-20-19(21-10-13-24-11-6-3-7-12-24)22-14-17-15-25-18(23-17)16-8-4-2-5-9-16;/h2,4-5,8-9,15H,3,6-7,10-14H2,1H3,(H2,20,21,22);1H. The van der Waals surface area contributed by atoms with Crippen LogP contribution in [0, 0.1) is 0 Å². The zero-order valence-electron chi connectivity index (χ0n) is 15.3. The van der Waals surface area contributed by atoms with Gasteiger partial charge in [-0.05, 0) is 38.1 Å². The molecule has 0 radical (unpaired) electrons. The number of guanidine groups is 1. The molecule has 1 saturated heterocycles. The molecule has 26 heavy (non-hydrogen) atoms. The molecule has 0 aliphatic carbocycles. The van der Waals surface area contributed by atoms with Crippen LogP contribution in [0.1, 0.15) is 25.0 Å². The third-order valence-electron chi connectivity index (χ3n) is 4.40. The fourth-order valence-corrected chi connectivity index (χ4v) is 3.01. The molecular weight excluding hydrogens is 441 g/mol. The minimum atomic E-state index is 0. The number of nitrogens with zero attached hydrogens (tertiary/aromatic N) is 3. The van der Waals surface area contributed by atoms with E-state index in [2.05, 4.69) is 25.5 Å². The van der Waals surface area contributed by atoms with Gasteiger partial charge in [-0.15, -0.1) is 24.0 Å². The Balaban J connectivity index is 0.00000243. The molecule has 1 aromatic carbocycles. The lowest BCUT2D eigenvalue weighted by atomic mass is 10.1. The first-order valence-corrected chi connectivity index (χ1v) is 9.02.